The molecule has 0 radical (unpaired) electrons. The number of pyridine rings is 1. The zero-order valence-corrected chi connectivity index (χ0v) is 15.9. The van der Waals surface area contributed by atoms with E-state index in [4.69, 9.17) is 11.6 Å². The summed E-state index contributed by atoms with van der Waals surface area (Å²) in [6, 6.07) is 13.3. The number of anilines is 1. The van der Waals surface area contributed by atoms with Gasteiger partial charge in [-0.3, -0.25) is 5.43 Å². The van der Waals surface area contributed by atoms with Gasteiger partial charge in [0.15, 0.2) is 5.82 Å². The van der Waals surface area contributed by atoms with Crippen molar-refractivity contribution < 1.29 is 0 Å². The van der Waals surface area contributed by atoms with Gasteiger partial charge in [0.05, 0.1) is 22.4 Å². The lowest BCUT2D eigenvalue weighted by Gasteiger charge is -1.99. The van der Waals surface area contributed by atoms with E-state index < -0.39 is 0 Å². The van der Waals surface area contributed by atoms with Gasteiger partial charge in [0.2, 0.25) is 5.13 Å². The van der Waals surface area contributed by atoms with Crippen LogP contribution in [0.2, 0.25) is 5.15 Å². The highest BCUT2D eigenvalue weighted by atomic mass is 35.5. The Balaban J connectivity index is 1.69. The minimum absolute atomic E-state index is 0.441. The minimum atomic E-state index is 0.441. The van der Waals surface area contributed by atoms with Crippen LogP contribution in [0.25, 0.3) is 17.1 Å². The highest BCUT2D eigenvalue weighted by molar-refractivity contribution is 7.13. The predicted octanol–water partition coefficient (Wildman–Crippen LogP) is 4.91. The first-order chi connectivity index (χ1) is 13.2. The molecule has 4 rings (SSSR count). The Morgan fingerprint density at radius 1 is 1.15 bits per heavy atom. The molecule has 27 heavy (non-hydrogen) atoms. The second-order valence-electron chi connectivity index (χ2n) is 5.72. The lowest BCUT2D eigenvalue weighted by atomic mass is 10.2. The van der Waals surface area contributed by atoms with Gasteiger partial charge in [0, 0.05) is 5.38 Å². The van der Waals surface area contributed by atoms with E-state index in [1.807, 2.05) is 60.9 Å². The smallest absolute Gasteiger partial charge is 0.203 e. The Labute approximate surface area is 164 Å². The molecule has 0 aliphatic rings. The molecule has 0 saturated heterocycles. The third kappa shape index (κ3) is 4.21. The van der Waals surface area contributed by atoms with E-state index in [0.717, 1.165) is 27.6 Å². The molecule has 0 saturated carbocycles. The maximum absolute atomic E-state index is 5.96. The number of aromatic nitrogens is 4. The van der Waals surface area contributed by atoms with Crippen molar-refractivity contribution in [3.8, 4) is 0 Å². The molecule has 0 bridgehead atoms. The summed E-state index contributed by atoms with van der Waals surface area (Å²) in [7, 11) is 0. The first-order valence-corrected chi connectivity index (χ1v) is 9.45. The molecule has 6 nitrogen and oxygen atoms in total. The molecule has 3 heterocycles. The quantitative estimate of drug-likeness (QED) is 0.286. The summed E-state index contributed by atoms with van der Waals surface area (Å²) >= 11 is 7.46. The second kappa shape index (κ2) is 7.69. The van der Waals surface area contributed by atoms with E-state index in [0.29, 0.717) is 16.7 Å². The average Bonchev–Trinajstić information content (AvgIpc) is 3.27. The molecule has 0 fully saturated rings. The van der Waals surface area contributed by atoms with E-state index in [-0.39, 0.29) is 0 Å². The Morgan fingerprint density at radius 2 is 2.04 bits per heavy atom. The highest BCUT2D eigenvalue weighted by Gasteiger charge is 2.08. The van der Waals surface area contributed by atoms with Crippen LogP contribution < -0.4 is 5.43 Å². The van der Waals surface area contributed by atoms with E-state index in [1.165, 1.54) is 11.3 Å². The summed E-state index contributed by atoms with van der Waals surface area (Å²) in [5, 5.41) is 7.60. The Hall–Kier alpha value is -3.03. The summed E-state index contributed by atoms with van der Waals surface area (Å²) in [4.78, 5) is 16.5. The van der Waals surface area contributed by atoms with Crippen LogP contribution in [0.1, 0.15) is 17.2 Å². The number of para-hydroxylation sites is 2. The number of hydrogen-bond acceptors (Lipinski definition) is 6. The number of H-pyrrole nitrogens is 1. The molecule has 0 spiro atoms. The molecule has 2 N–H and O–H groups in total. The number of benzene rings is 1. The zero-order chi connectivity index (χ0) is 18.6. The Kier molecular flexibility index (Phi) is 4.95. The van der Waals surface area contributed by atoms with Gasteiger partial charge in [-0.25, -0.2) is 15.0 Å². The number of nitrogens with one attached hydrogen (secondary N) is 2. The number of aromatic amines is 1. The molecule has 3 aromatic heterocycles. The van der Waals surface area contributed by atoms with Gasteiger partial charge >= 0.3 is 0 Å². The number of hydrazone groups is 1. The lowest BCUT2D eigenvalue weighted by molar-refractivity contribution is 1.20. The predicted molar refractivity (Wildman–Crippen MR) is 111 cm³/mol. The minimum Gasteiger partial charge on any atom is -0.337 e. The van der Waals surface area contributed by atoms with Crippen LogP contribution in [0.5, 0.6) is 0 Å². The summed E-state index contributed by atoms with van der Waals surface area (Å²) in [5.41, 5.74) is 7.12. The number of nitrogens with zero attached hydrogens (tertiary/aromatic N) is 4. The van der Waals surface area contributed by atoms with Crippen molar-refractivity contribution in [1.29, 1.82) is 0 Å². The largest absolute Gasteiger partial charge is 0.337 e. The summed E-state index contributed by atoms with van der Waals surface area (Å²) in [6.45, 7) is 1.94. The topological polar surface area (TPSA) is 78.9 Å². The number of halogens is 1. The maximum atomic E-state index is 5.96. The summed E-state index contributed by atoms with van der Waals surface area (Å²) < 4.78 is 0. The van der Waals surface area contributed by atoms with Crippen LogP contribution in [0.4, 0.5) is 5.13 Å². The first kappa shape index (κ1) is 17.4. The van der Waals surface area contributed by atoms with Crippen LogP contribution in [-0.2, 0) is 0 Å². The van der Waals surface area contributed by atoms with Crippen molar-refractivity contribution in [3.63, 3.8) is 0 Å². The van der Waals surface area contributed by atoms with Crippen molar-refractivity contribution >= 4 is 50.9 Å². The normalized spacial score (nSPS) is 12.1. The molecular formula is C19H15ClN6S. The van der Waals surface area contributed by atoms with Crippen LogP contribution in [-0.4, -0.2) is 25.6 Å². The molecule has 0 atom stereocenters. The van der Waals surface area contributed by atoms with Crippen LogP contribution in [0.15, 0.2) is 59.0 Å². The highest BCUT2D eigenvalue weighted by Crippen LogP contribution is 2.16. The number of fused-ring (bicyclic) bond motifs is 1. The number of allylic oxidation sites excluding steroid dienone is 1. The Morgan fingerprint density at radius 3 is 2.81 bits per heavy atom. The van der Waals surface area contributed by atoms with Gasteiger partial charge in [0.1, 0.15) is 10.9 Å². The lowest BCUT2D eigenvalue weighted by Crippen LogP contribution is -2.03. The van der Waals surface area contributed by atoms with Gasteiger partial charge < -0.3 is 4.98 Å². The second-order valence-corrected chi connectivity index (χ2v) is 6.97. The van der Waals surface area contributed by atoms with Crippen molar-refractivity contribution in [2.45, 2.75) is 6.92 Å². The van der Waals surface area contributed by atoms with Gasteiger partial charge in [-0.05, 0) is 43.3 Å². The van der Waals surface area contributed by atoms with Gasteiger partial charge in [-0.2, -0.15) is 5.10 Å². The van der Waals surface area contributed by atoms with Crippen molar-refractivity contribution in [2.24, 2.45) is 5.10 Å². The van der Waals surface area contributed by atoms with Crippen LogP contribution >= 0.6 is 22.9 Å². The maximum Gasteiger partial charge on any atom is 0.203 e. The van der Waals surface area contributed by atoms with E-state index in [2.05, 4.69) is 30.5 Å². The van der Waals surface area contributed by atoms with Gasteiger partial charge in [-0.15, -0.1) is 11.3 Å². The van der Waals surface area contributed by atoms with Crippen molar-refractivity contribution in [3.05, 3.63) is 76.3 Å². The van der Waals surface area contributed by atoms with E-state index >= 15 is 0 Å². The number of rotatable bonds is 5. The number of aryl methyl sites for hydroxylation is 1. The molecule has 0 aliphatic heterocycles. The molecule has 0 aliphatic carbocycles. The van der Waals surface area contributed by atoms with E-state index in [9.17, 15) is 0 Å². The molecule has 8 heteroatoms. The fraction of sp³-hybridized carbons (Fsp3) is 0.0526. The molecule has 4 aromatic rings. The monoisotopic (exact) mass is 394 g/mol. The summed E-state index contributed by atoms with van der Waals surface area (Å²) in [5.74, 6) is 0.648. The molecular weight excluding hydrogens is 380 g/mol. The molecule has 1 aromatic carbocycles. The van der Waals surface area contributed by atoms with Crippen LogP contribution in [0.3, 0.4) is 0 Å². The number of hydrogen-bond donors (Lipinski definition) is 2. The Bertz CT molecular complexity index is 1110. The first-order valence-electron chi connectivity index (χ1n) is 8.19. The van der Waals surface area contributed by atoms with Gasteiger partial charge in [-0.1, -0.05) is 29.8 Å². The fourth-order valence-corrected chi connectivity index (χ4v) is 3.24. The van der Waals surface area contributed by atoms with Crippen molar-refractivity contribution in [2.75, 3.05) is 5.43 Å². The standard InChI is InChI=1S/C19H15ClN6S/c1-12-11-27-19(21-12)26-25-16(10-9-13-5-4-8-17(20)22-13)18-23-14-6-2-3-7-15(14)24-18/h2-11H,1H3,(H,21,26)(H,23,24)/b10-9+,25-16-. The third-order valence-electron chi connectivity index (χ3n) is 3.67. The number of thiazole rings is 1. The number of imidazole rings is 1. The van der Waals surface area contributed by atoms with E-state index in [1.54, 1.807) is 6.07 Å². The molecule has 0 amide bonds. The third-order valence-corrected chi connectivity index (χ3v) is 4.75. The summed E-state index contributed by atoms with van der Waals surface area (Å²) in [6.07, 6.45) is 3.68. The molecule has 134 valence electrons. The fourth-order valence-electron chi connectivity index (χ4n) is 2.44. The SMILES string of the molecule is Cc1csc(N/N=C(/C=C/c2cccc(Cl)n2)c2nc3ccccc3[nH]2)n1. The van der Waals surface area contributed by atoms with Crippen molar-refractivity contribution in [1.82, 2.24) is 19.9 Å². The molecule has 0 unspecified atom stereocenters. The van der Waals surface area contributed by atoms with Gasteiger partial charge in [0.25, 0.3) is 0 Å². The zero-order valence-electron chi connectivity index (χ0n) is 14.3. The van der Waals surface area contributed by atoms with Crippen LogP contribution in [0, 0.1) is 6.92 Å². The average molecular weight is 395 g/mol.